The number of nitrogens with zero attached hydrogens (tertiary/aromatic N) is 3. The molecule has 1 aromatic heterocycles. The number of hydrogen-bond acceptors (Lipinski definition) is 4. The average molecular weight is 416 g/mol. The normalized spacial score (nSPS) is 11.8. The second kappa shape index (κ2) is 5.77. The van der Waals surface area contributed by atoms with Crippen molar-refractivity contribution in [1.82, 2.24) is 15.0 Å². The molecule has 9 heteroatoms. The van der Waals surface area contributed by atoms with Crippen molar-refractivity contribution in [3.05, 3.63) is 45.4 Å². The van der Waals surface area contributed by atoms with E-state index in [4.69, 9.17) is 11.6 Å². The summed E-state index contributed by atoms with van der Waals surface area (Å²) >= 11 is 9.37. The first-order valence-electron chi connectivity index (χ1n) is 6.56. The number of aromatic nitrogens is 3. The number of benzene rings is 2. The molecule has 0 aliphatic rings. The predicted octanol–water partition coefficient (Wildman–Crippen LogP) is 3.49. The predicted molar refractivity (Wildman–Crippen MR) is 93.2 cm³/mol. The van der Waals surface area contributed by atoms with Crippen LogP contribution in [-0.4, -0.2) is 23.4 Å². The Bertz CT molecular complexity index is 994. The molecule has 0 fully saturated rings. The third-order valence-electron chi connectivity index (χ3n) is 3.27. The summed E-state index contributed by atoms with van der Waals surface area (Å²) in [6.07, 6.45) is 0. The third-order valence-corrected chi connectivity index (χ3v) is 6.05. The van der Waals surface area contributed by atoms with E-state index >= 15 is 0 Å². The van der Waals surface area contributed by atoms with E-state index in [2.05, 4.69) is 31.0 Å². The van der Waals surface area contributed by atoms with Crippen LogP contribution >= 0.6 is 27.5 Å². The van der Waals surface area contributed by atoms with E-state index in [1.807, 2.05) is 6.92 Å². The molecule has 120 valence electrons. The van der Waals surface area contributed by atoms with Gasteiger partial charge in [-0.15, -0.1) is 5.10 Å². The van der Waals surface area contributed by atoms with Gasteiger partial charge in [-0.2, -0.15) is 0 Å². The Morgan fingerprint density at radius 3 is 2.70 bits per heavy atom. The van der Waals surface area contributed by atoms with Gasteiger partial charge in [-0.1, -0.05) is 16.8 Å². The summed E-state index contributed by atoms with van der Waals surface area (Å²) < 4.78 is 29.8. The van der Waals surface area contributed by atoms with Gasteiger partial charge < -0.3 is 0 Å². The molecule has 0 unspecified atom stereocenters. The fourth-order valence-electron chi connectivity index (χ4n) is 2.25. The second-order valence-corrected chi connectivity index (χ2v) is 7.96. The molecule has 0 aliphatic carbocycles. The fraction of sp³-hybridized carbons (Fsp3) is 0.143. The lowest BCUT2D eigenvalue weighted by atomic mass is 10.2. The molecule has 0 spiro atoms. The minimum atomic E-state index is -3.84. The van der Waals surface area contributed by atoms with Gasteiger partial charge in [-0.3, -0.25) is 4.72 Å². The summed E-state index contributed by atoms with van der Waals surface area (Å²) in [6.45, 7) is 1.84. The van der Waals surface area contributed by atoms with Crippen molar-refractivity contribution in [2.24, 2.45) is 7.05 Å². The van der Waals surface area contributed by atoms with E-state index in [0.717, 1.165) is 11.1 Å². The number of anilines is 1. The van der Waals surface area contributed by atoms with Gasteiger partial charge in [-0.05, 0) is 58.7 Å². The quantitative estimate of drug-likeness (QED) is 0.710. The number of nitrogens with one attached hydrogen (secondary N) is 1. The molecule has 3 aromatic rings. The monoisotopic (exact) mass is 414 g/mol. The second-order valence-electron chi connectivity index (χ2n) is 5.08. The molecule has 0 saturated heterocycles. The van der Waals surface area contributed by atoms with E-state index in [1.54, 1.807) is 42.1 Å². The molecule has 0 saturated carbocycles. The van der Waals surface area contributed by atoms with Crippen molar-refractivity contribution >= 4 is 54.3 Å². The number of sulfonamides is 1. The maximum atomic E-state index is 12.6. The lowest BCUT2D eigenvalue weighted by Crippen LogP contribution is -2.14. The van der Waals surface area contributed by atoms with Crippen molar-refractivity contribution in [3.63, 3.8) is 0 Å². The van der Waals surface area contributed by atoms with E-state index in [1.165, 1.54) is 0 Å². The molecule has 3 rings (SSSR count). The van der Waals surface area contributed by atoms with Crippen LogP contribution in [0, 0.1) is 6.92 Å². The minimum Gasteiger partial charge on any atom is -0.279 e. The van der Waals surface area contributed by atoms with Crippen LogP contribution < -0.4 is 4.72 Å². The zero-order valence-corrected chi connectivity index (χ0v) is 15.4. The Labute approximate surface area is 146 Å². The zero-order chi connectivity index (χ0) is 16.8. The van der Waals surface area contributed by atoms with E-state index < -0.39 is 10.0 Å². The number of rotatable bonds is 3. The van der Waals surface area contributed by atoms with Gasteiger partial charge in [0.05, 0.1) is 16.2 Å². The Morgan fingerprint density at radius 2 is 2.00 bits per heavy atom. The molecule has 23 heavy (non-hydrogen) atoms. The zero-order valence-electron chi connectivity index (χ0n) is 12.2. The molecule has 1 heterocycles. The summed E-state index contributed by atoms with van der Waals surface area (Å²) in [6, 6.07) is 8.33. The van der Waals surface area contributed by atoms with Crippen LogP contribution in [-0.2, 0) is 17.1 Å². The van der Waals surface area contributed by atoms with Crippen molar-refractivity contribution in [1.29, 1.82) is 0 Å². The first-order valence-corrected chi connectivity index (χ1v) is 9.21. The first kappa shape index (κ1) is 16.2. The van der Waals surface area contributed by atoms with Gasteiger partial charge in [0.2, 0.25) is 0 Å². The molecular weight excluding hydrogens is 404 g/mol. The average Bonchev–Trinajstić information content (AvgIpc) is 2.77. The molecule has 6 nitrogen and oxygen atoms in total. The van der Waals surface area contributed by atoms with Crippen LogP contribution in [0.1, 0.15) is 5.56 Å². The van der Waals surface area contributed by atoms with Crippen LogP contribution in [0.4, 0.5) is 5.69 Å². The lowest BCUT2D eigenvalue weighted by molar-refractivity contribution is 0.601. The van der Waals surface area contributed by atoms with Crippen LogP contribution in [0.5, 0.6) is 0 Å². The van der Waals surface area contributed by atoms with Crippen molar-refractivity contribution in [2.45, 2.75) is 11.8 Å². The highest BCUT2D eigenvalue weighted by molar-refractivity contribution is 9.10. The number of fused-ring (bicyclic) bond motifs is 1. The smallest absolute Gasteiger partial charge is 0.264 e. The van der Waals surface area contributed by atoms with Crippen LogP contribution in [0.25, 0.3) is 11.0 Å². The minimum absolute atomic E-state index is 0.00371. The van der Waals surface area contributed by atoms with Crippen LogP contribution in [0.3, 0.4) is 0 Å². The number of aryl methyl sites for hydroxylation is 2. The Kier molecular flexibility index (Phi) is 4.07. The summed E-state index contributed by atoms with van der Waals surface area (Å²) in [7, 11) is -2.07. The first-order chi connectivity index (χ1) is 10.8. The Hall–Kier alpha value is -1.64. The highest BCUT2D eigenvalue weighted by atomic mass is 79.9. The summed E-state index contributed by atoms with van der Waals surface area (Å²) in [5.74, 6) is 0. The topological polar surface area (TPSA) is 76.9 Å². The van der Waals surface area contributed by atoms with Crippen LogP contribution in [0.15, 0.2) is 39.7 Å². The number of halogens is 2. The maximum Gasteiger partial charge on any atom is 0.264 e. The van der Waals surface area contributed by atoms with Gasteiger partial charge in [-0.25, -0.2) is 13.1 Å². The molecular formula is C14H12BrClN4O2S. The highest BCUT2D eigenvalue weighted by Crippen LogP contribution is 2.32. The van der Waals surface area contributed by atoms with E-state index in [0.29, 0.717) is 15.7 Å². The van der Waals surface area contributed by atoms with Gasteiger partial charge >= 0.3 is 0 Å². The molecule has 0 radical (unpaired) electrons. The van der Waals surface area contributed by atoms with Gasteiger partial charge in [0.15, 0.2) is 0 Å². The number of hydrogen-bond donors (Lipinski definition) is 1. The molecule has 0 amide bonds. The molecule has 0 atom stereocenters. The lowest BCUT2D eigenvalue weighted by Gasteiger charge is -2.12. The summed E-state index contributed by atoms with van der Waals surface area (Å²) in [4.78, 5) is 0.00371. The third kappa shape index (κ3) is 3.06. The summed E-state index contributed by atoms with van der Waals surface area (Å²) in [5, 5.41) is 8.02. The van der Waals surface area contributed by atoms with Gasteiger partial charge in [0, 0.05) is 11.5 Å². The Balaban J connectivity index is 2.03. The Morgan fingerprint density at radius 1 is 1.26 bits per heavy atom. The standard InChI is InChI=1S/C14H12BrClN4O2S/c1-8-5-10(15)14(11(16)6-8)23(21,22)18-9-3-4-13-12(7-9)17-19-20(13)2/h3-7,18H,1-2H3. The molecule has 0 aliphatic heterocycles. The molecule has 2 aromatic carbocycles. The maximum absolute atomic E-state index is 12.6. The SMILES string of the molecule is Cc1cc(Cl)c(S(=O)(=O)Nc2ccc3c(c2)nnn3C)c(Br)c1. The fourth-order valence-corrected chi connectivity index (χ4v) is 5.33. The largest absolute Gasteiger partial charge is 0.279 e. The van der Waals surface area contributed by atoms with Crippen molar-refractivity contribution in [3.8, 4) is 0 Å². The molecule has 0 bridgehead atoms. The van der Waals surface area contributed by atoms with Crippen LogP contribution in [0.2, 0.25) is 5.02 Å². The molecule has 1 N–H and O–H groups in total. The van der Waals surface area contributed by atoms with Crippen molar-refractivity contribution in [2.75, 3.05) is 4.72 Å². The summed E-state index contributed by atoms with van der Waals surface area (Å²) in [5.41, 5.74) is 2.66. The van der Waals surface area contributed by atoms with E-state index in [-0.39, 0.29) is 9.92 Å². The van der Waals surface area contributed by atoms with Gasteiger partial charge in [0.25, 0.3) is 10.0 Å². The van der Waals surface area contributed by atoms with Gasteiger partial charge in [0.1, 0.15) is 10.4 Å². The van der Waals surface area contributed by atoms with Crippen molar-refractivity contribution < 1.29 is 8.42 Å². The highest BCUT2D eigenvalue weighted by Gasteiger charge is 2.22. The van der Waals surface area contributed by atoms with E-state index in [9.17, 15) is 8.42 Å².